The van der Waals surface area contributed by atoms with E-state index >= 15 is 0 Å². The molecule has 0 aromatic rings. The summed E-state index contributed by atoms with van der Waals surface area (Å²) in [6.07, 6.45) is 6.92. The van der Waals surface area contributed by atoms with Crippen LogP contribution < -0.4 is 5.32 Å². The van der Waals surface area contributed by atoms with Crippen LogP contribution >= 0.6 is 0 Å². The van der Waals surface area contributed by atoms with E-state index in [-0.39, 0.29) is 5.92 Å². The summed E-state index contributed by atoms with van der Waals surface area (Å²) in [5.74, 6) is 1.25. The van der Waals surface area contributed by atoms with E-state index in [0.717, 1.165) is 37.6 Å². The Morgan fingerprint density at radius 3 is 2.67 bits per heavy atom. The number of aliphatic carboxylic acids is 1. The molecule has 3 nitrogen and oxygen atoms in total. The quantitative estimate of drug-likeness (QED) is 0.810. The normalized spacial score (nSPS) is 40.9. The third kappa shape index (κ3) is 3.25. The zero-order chi connectivity index (χ0) is 13.1. The van der Waals surface area contributed by atoms with Crippen molar-refractivity contribution >= 4 is 5.97 Å². The highest BCUT2D eigenvalue weighted by molar-refractivity contribution is 5.70. The van der Waals surface area contributed by atoms with Gasteiger partial charge in [0.2, 0.25) is 0 Å². The maximum absolute atomic E-state index is 11.1. The maximum atomic E-state index is 11.1. The fraction of sp³-hybridized carbons (Fsp3) is 0.933. The minimum Gasteiger partial charge on any atom is -0.481 e. The van der Waals surface area contributed by atoms with Crippen LogP contribution in [0.15, 0.2) is 0 Å². The van der Waals surface area contributed by atoms with Gasteiger partial charge < -0.3 is 10.4 Å². The lowest BCUT2D eigenvalue weighted by Crippen LogP contribution is -2.42. The van der Waals surface area contributed by atoms with Crippen molar-refractivity contribution in [3.05, 3.63) is 0 Å². The Hall–Kier alpha value is -0.570. The summed E-state index contributed by atoms with van der Waals surface area (Å²) in [6.45, 7) is 5.57. The number of hydrogen-bond acceptors (Lipinski definition) is 2. The molecular weight excluding hydrogens is 226 g/mol. The zero-order valence-electron chi connectivity index (χ0n) is 11.7. The number of rotatable bonds is 4. The third-order valence-corrected chi connectivity index (χ3v) is 5.05. The smallest absolute Gasteiger partial charge is 0.306 e. The number of carboxylic acids is 1. The van der Waals surface area contributed by atoms with Crippen LogP contribution in [-0.4, -0.2) is 23.7 Å². The van der Waals surface area contributed by atoms with Gasteiger partial charge in [0, 0.05) is 6.04 Å². The molecule has 3 heteroatoms. The van der Waals surface area contributed by atoms with Crippen LogP contribution in [0.4, 0.5) is 0 Å². The predicted octanol–water partition coefficient (Wildman–Crippen LogP) is 2.90. The van der Waals surface area contributed by atoms with Gasteiger partial charge in [0.05, 0.1) is 5.92 Å². The summed E-state index contributed by atoms with van der Waals surface area (Å²) in [7, 11) is 0. The van der Waals surface area contributed by atoms with E-state index in [1.807, 2.05) is 0 Å². The molecule has 5 atom stereocenters. The fourth-order valence-electron chi connectivity index (χ4n) is 3.88. The van der Waals surface area contributed by atoms with E-state index in [4.69, 9.17) is 0 Å². The van der Waals surface area contributed by atoms with E-state index in [0.29, 0.717) is 12.0 Å². The van der Waals surface area contributed by atoms with Gasteiger partial charge in [-0.05, 0) is 56.4 Å². The summed E-state index contributed by atoms with van der Waals surface area (Å²) in [5.41, 5.74) is 0. The monoisotopic (exact) mass is 253 g/mol. The molecule has 2 fully saturated rings. The van der Waals surface area contributed by atoms with Crippen LogP contribution in [0.1, 0.15) is 52.4 Å². The van der Waals surface area contributed by atoms with Gasteiger partial charge in [0.1, 0.15) is 0 Å². The molecule has 0 aromatic heterocycles. The van der Waals surface area contributed by atoms with E-state index in [9.17, 15) is 9.90 Å². The van der Waals surface area contributed by atoms with Crippen LogP contribution in [0, 0.1) is 23.7 Å². The van der Waals surface area contributed by atoms with Crippen LogP contribution in [0.25, 0.3) is 0 Å². The van der Waals surface area contributed by atoms with Gasteiger partial charge in [0.25, 0.3) is 0 Å². The molecule has 2 saturated carbocycles. The average molecular weight is 253 g/mol. The molecule has 0 aromatic carbocycles. The molecule has 0 heterocycles. The lowest BCUT2D eigenvalue weighted by molar-refractivity contribution is -0.142. The topological polar surface area (TPSA) is 49.3 Å². The molecule has 2 aliphatic rings. The molecule has 18 heavy (non-hydrogen) atoms. The van der Waals surface area contributed by atoms with Crippen molar-refractivity contribution in [1.82, 2.24) is 5.32 Å². The van der Waals surface area contributed by atoms with Crippen LogP contribution in [0.5, 0.6) is 0 Å². The lowest BCUT2D eigenvalue weighted by Gasteiger charge is -2.34. The van der Waals surface area contributed by atoms with Crippen molar-refractivity contribution in [1.29, 1.82) is 0 Å². The van der Waals surface area contributed by atoms with Crippen molar-refractivity contribution in [2.75, 3.05) is 6.54 Å². The van der Waals surface area contributed by atoms with E-state index in [1.54, 1.807) is 0 Å². The van der Waals surface area contributed by atoms with Crippen molar-refractivity contribution < 1.29 is 9.90 Å². The van der Waals surface area contributed by atoms with Gasteiger partial charge in [-0.25, -0.2) is 0 Å². The Bertz CT molecular complexity index is 292. The highest BCUT2D eigenvalue weighted by Gasteiger charge is 2.33. The second kappa shape index (κ2) is 6.05. The minimum absolute atomic E-state index is 0.102. The largest absolute Gasteiger partial charge is 0.481 e. The maximum Gasteiger partial charge on any atom is 0.306 e. The highest BCUT2D eigenvalue weighted by atomic mass is 16.4. The number of nitrogens with one attached hydrogen (secondary N) is 1. The van der Waals surface area contributed by atoms with Gasteiger partial charge in [0.15, 0.2) is 0 Å². The van der Waals surface area contributed by atoms with Gasteiger partial charge in [-0.1, -0.05) is 20.3 Å². The highest BCUT2D eigenvalue weighted by Crippen LogP contribution is 2.33. The van der Waals surface area contributed by atoms with Gasteiger partial charge in [-0.3, -0.25) is 4.79 Å². The summed E-state index contributed by atoms with van der Waals surface area (Å²) in [4.78, 5) is 11.1. The van der Waals surface area contributed by atoms with Crippen LogP contribution in [0.2, 0.25) is 0 Å². The first-order chi connectivity index (χ1) is 8.58. The van der Waals surface area contributed by atoms with Crippen LogP contribution in [0.3, 0.4) is 0 Å². The van der Waals surface area contributed by atoms with Gasteiger partial charge >= 0.3 is 5.97 Å². The molecular formula is C15H27NO2. The van der Waals surface area contributed by atoms with E-state index in [1.165, 1.54) is 19.3 Å². The second-order valence-corrected chi connectivity index (χ2v) is 6.55. The Kier molecular flexibility index (Phi) is 4.66. The third-order valence-electron chi connectivity index (χ3n) is 5.05. The van der Waals surface area contributed by atoms with E-state index in [2.05, 4.69) is 19.2 Å². The van der Waals surface area contributed by atoms with Gasteiger partial charge in [-0.2, -0.15) is 0 Å². The SMILES string of the molecule is CC1CCC(NCC2CCCC2C(=O)O)C(C)C1. The summed E-state index contributed by atoms with van der Waals surface area (Å²) < 4.78 is 0. The molecule has 0 radical (unpaired) electrons. The molecule has 0 aliphatic heterocycles. The number of hydrogen-bond donors (Lipinski definition) is 2. The standard InChI is InChI=1S/C15H27NO2/c1-10-6-7-14(11(2)8-10)16-9-12-4-3-5-13(12)15(17)18/h10-14,16H,3-9H2,1-2H3,(H,17,18). The molecule has 2 N–H and O–H groups in total. The first-order valence-electron chi connectivity index (χ1n) is 7.54. The Morgan fingerprint density at radius 1 is 1.22 bits per heavy atom. The molecule has 0 amide bonds. The first-order valence-corrected chi connectivity index (χ1v) is 7.54. The Labute approximate surface area is 110 Å². The van der Waals surface area contributed by atoms with Gasteiger partial charge in [-0.15, -0.1) is 0 Å². The molecule has 0 bridgehead atoms. The predicted molar refractivity (Wildman–Crippen MR) is 72.4 cm³/mol. The minimum atomic E-state index is -0.593. The Morgan fingerprint density at radius 2 is 2.00 bits per heavy atom. The molecule has 104 valence electrons. The van der Waals surface area contributed by atoms with Crippen molar-refractivity contribution in [2.24, 2.45) is 23.7 Å². The van der Waals surface area contributed by atoms with Crippen molar-refractivity contribution in [3.8, 4) is 0 Å². The Balaban J connectivity index is 1.79. The summed E-state index contributed by atoms with van der Waals surface area (Å²) in [5, 5.41) is 12.8. The summed E-state index contributed by atoms with van der Waals surface area (Å²) >= 11 is 0. The first kappa shape index (κ1) is 13.9. The zero-order valence-corrected chi connectivity index (χ0v) is 11.7. The molecule has 0 spiro atoms. The molecule has 0 saturated heterocycles. The lowest BCUT2D eigenvalue weighted by atomic mass is 9.79. The van der Waals surface area contributed by atoms with Crippen molar-refractivity contribution in [2.45, 2.75) is 58.4 Å². The fourth-order valence-corrected chi connectivity index (χ4v) is 3.88. The summed E-state index contributed by atoms with van der Waals surface area (Å²) in [6, 6.07) is 0.608. The number of carbonyl (C=O) groups is 1. The second-order valence-electron chi connectivity index (χ2n) is 6.55. The molecule has 5 unspecified atom stereocenters. The average Bonchev–Trinajstić information content (AvgIpc) is 2.76. The molecule has 2 rings (SSSR count). The number of carboxylic acid groups (broad SMARTS) is 1. The van der Waals surface area contributed by atoms with Crippen LogP contribution in [-0.2, 0) is 4.79 Å². The molecule has 2 aliphatic carbocycles. The van der Waals surface area contributed by atoms with Crippen molar-refractivity contribution in [3.63, 3.8) is 0 Å². The van der Waals surface area contributed by atoms with E-state index < -0.39 is 5.97 Å².